The fourth-order valence-corrected chi connectivity index (χ4v) is 3.93. The molecule has 0 spiro atoms. The highest BCUT2D eigenvalue weighted by Crippen LogP contribution is 2.29. The molecule has 0 aromatic carbocycles. The van der Waals surface area contributed by atoms with Gasteiger partial charge in [-0.1, -0.05) is 13.8 Å². The summed E-state index contributed by atoms with van der Waals surface area (Å²) in [5, 5.41) is 8.95. The van der Waals surface area contributed by atoms with Gasteiger partial charge in [-0.2, -0.15) is 5.10 Å². The fraction of sp³-hybridized carbons (Fsp3) is 0.381. The summed E-state index contributed by atoms with van der Waals surface area (Å²) in [7, 11) is 1.77. The number of aromatic nitrogens is 7. The molecule has 0 amide bonds. The highest BCUT2D eigenvalue weighted by Gasteiger charge is 2.21. The number of pyridine rings is 1. The van der Waals surface area contributed by atoms with Gasteiger partial charge in [0.1, 0.15) is 18.2 Å². The Balaban J connectivity index is 1.91. The van der Waals surface area contributed by atoms with Crippen molar-refractivity contribution in [2.75, 3.05) is 0 Å². The smallest absolute Gasteiger partial charge is 0.278 e. The number of hydrogen-bond donors (Lipinski definition) is 0. The minimum absolute atomic E-state index is 0.0373. The summed E-state index contributed by atoms with van der Waals surface area (Å²) in [5.41, 5.74) is 4.27. The molecule has 0 aliphatic heterocycles. The molecule has 4 rings (SSSR count). The van der Waals surface area contributed by atoms with Crippen LogP contribution in [0.25, 0.3) is 22.7 Å². The van der Waals surface area contributed by atoms with E-state index in [1.807, 2.05) is 26.0 Å². The molecule has 4 aromatic rings. The van der Waals surface area contributed by atoms with Gasteiger partial charge in [0.2, 0.25) is 0 Å². The van der Waals surface area contributed by atoms with Gasteiger partial charge in [-0.05, 0) is 56.4 Å². The minimum Gasteiger partial charge on any atom is -0.292 e. The predicted molar refractivity (Wildman–Crippen MR) is 111 cm³/mol. The van der Waals surface area contributed by atoms with E-state index < -0.39 is 0 Å². The van der Waals surface area contributed by atoms with Gasteiger partial charge in [0.25, 0.3) is 5.56 Å². The van der Waals surface area contributed by atoms with E-state index in [0.29, 0.717) is 23.1 Å². The summed E-state index contributed by atoms with van der Waals surface area (Å²) in [6.45, 7) is 8.22. The Morgan fingerprint density at radius 3 is 2.52 bits per heavy atom. The number of hydrogen-bond acceptors (Lipinski definition) is 5. The molecule has 4 heterocycles. The standard InChI is InChI=1S/C21H25N7O/c1-6-15(7-2)17-10-13(3)28-19(17)21(29)26(5)20(25-28)16-8-9-18(24-14(16)4)27-12-22-11-23-27/h8-12,15H,6-7H2,1-5H3. The first-order valence-corrected chi connectivity index (χ1v) is 9.88. The van der Waals surface area contributed by atoms with E-state index in [2.05, 4.69) is 35.0 Å². The maximum Gasteiger partial charge on any atom is 0.278 e. The molecule has 8 nitrogen and oxygen atoms in total. The van der Waals surface area contributed by atoms with Crippen molar-refractivity contribution in [3.8, 4) is 17.2 Å². The fourth-order valence-electron chi connectivity index (χ4n) is 3.93. The lowest BCUT2D eigenvalue weighted by atomic mass is 9.95. The topological polar surface area (TPSA) is 82.9 Å². The summed E-state index contributed by atoms with van der Waals surface area (Å²) in [5.74, 6) is 1.61. The van der Waals surface area contributed by atoms with Crippen molar-refractivity contribution in [3.05, 3.63) is 58.2 Å². The summed E-state index contributed by atoms with van der Waals surface area (Å²) >= 11 is 0. The van der Waals surface area contributed by atoms with E-state index in [-0.39, 0.29) is 5.56 Å². The van der Waals surface area contributed by atoms with Gasteiger partial charge in [-0.25, -0.2) is 19.2 Å². The number of rotatable bonds is 5. The molecule has 0 radical (unpaired) electrons. The first-order valence-electron chi connectivity index (χ1n) is 9.88. The Hall–Kier alpha value is -3.29. The van der Waals surface area contributed by atoms with Crippen LogP contribution in [0.5, 0.6) is 0 Å². The second kappa shape index (κ2) is 7.27. The second-order valence-electron chi connectivity index (χ2n) is 7.35. The molecule has 150 valence electrons. The van der Waals surface area contributed by atoms with Crippen LogP contribution < -0.4 is 5.56 Å². The highest BCUT2D eigenvalue weighted by atomic mass is 16.1. The quantitative estimate of drug-likeness (QED) is 0.522. The van der Waals surface area contributed by atoms with Gasteiger partial charge in [-0.15, -0.1) is 5.10 Å². The van der Waals surface area contributed by atoms with Gasteiger partial charge in [0, 0.05) is 18.3 Å². The maximum absolute atomic E-state index is 13.3. The third-order valence-corrected chi connectivity index (χ3v) is 5.59. The third kappa shape index (κ3) is 3.04. The Morgan fingerprint density at radius 2 is 1.90 bits per heavy atom. The van der Waals surface area contributed by atoms with E-state index in [1.54, 1.807) is 27.1 Å². The molecule has 8 heteroatoms. The molecule has 4 aromatic heterocycles. The van der Waals surface area contributed by atoms with E-state index in [4.69, 9.17) is 5.10 Å². The van der Waals surface area contributed by atoms with Gasteiger partial charge in [0.05, 0.1) is 5.69 Å². The molecular weight excluding hydrogens is 366 g/mol. The van der Waals surface area contributed by atoms with E-state index in [1.165, 1.54) is 6.33 Å². The Kier molecular flexibility index (Phi) is 4.77. The summed E-state index contributed by atoms with van der Waals surface area (Å²) < 4.78 is 5.01. The SMILES string of the molecule is CCC(CC)c1cc(C)n2nc(-c3ccc(-n4cncn4)nc3C)n(C)c(=O)c12. The zero-order valence-corrected chi connectivity index (χ0v) is 17.4. The van der Waals surface area contributed by atoms with Crippen molar-refractivity contribution >= 4 is 5.52 Å². The lowest BCUT2D eigenvalue weighted by Crippen LogP contribution is -2.24. The maximum atomic E-state index is 13.3. The highest BCUT2D eigenvalue weighted by molar-refractivity contribution is 5.63. The molecule has 0 bridgehead atoms. The van der Waals surface area contributed by atoms with Crippen molar-refractivity contribution in [1.82, 2.24) is 33.9 Å². The monoisotopic (exact) mass is 391 g/mol. The Morgan fingerprint density at radius 1 is 1.14 bits per heavy atom. The van der Waals surface area contributed by atoms with Crippen molar-refractivity contribution in [3.63, 3.8) is 0 Å². The number of aryl methyl sites for hydroxylation is 2. The van der Waals surface area contributed by atoms with E-state index in [0.717, 1.165) is 35.4 Å². The number of nitrogens with zero attached hydrogens (tertiary/aromatic N) is 7. The normalized spacial score (nSPS) is 11.7. The summed E-state index contributed by atoms with van der Waals surface area (Å²) in [6.07, 6.45) is 5.06. The first kappa shape index (κ1) is 19.0. The zero-order valence-electron chi connectivity index (χ0n) is 17.4. The largest absolute Gasteiger partial charge is 0.292 e. The van der Waals surface area contributed by atoms with Crippen LogP contribution >= 0.6 is 0 Å². The predicted octanol–water partition coefficient (Wildman–Crippen LogP) is 3.20. The van der Waals surface area contributed by atoms with Crippen molar-refractivity contribution < 1.29 is 0 Å². The molecule has 0 saturated heterocycles. The van der Waals surface area contributed by atoms with Crippen molar-refractivity contribution in [2.45, 2.75) is 46.5 Å². The van der Waals surface area contributed by atoms with E-state index >= 15 is 0 Å². The zero-order chi connectivity index (χ0) is 20.7. The molecule has 0 aliphatic carbocycles. The first-order chi connectivity index (χ1) is 14.0. The molecule has 29 heavy (non-hydrogen) atoms. The molecule has 0 aliphatic rings. The van der Waals surface area contributed by atoms with Crippen molar-refractivity contribution in [1.29, 1.82) is 0 Å². The minimum atomic E-state index is -0.0373. The van der Waals surface area contributed by atoms with Crippen LogP contribution in [0.3, 0.4) is 0 Å². The average molecular weight is 391 g/mol. The summed E-state index contributed by atoms with van der Waals surface area (Å²) in [6, 6.07) is 5.88. The molecular formula is C21H25N7O. The van der Waals surface area contributed by atoms with Crippen LogP contribution in [0.1, 0.15) is 49.6 Å². The molecule has 0 atom stereocenters. The van der Waals surface area contributed by atoms with Gasteiger partial charge in [-0.3, -0.25) is 9.36 Å². The Labute approximate surface area is 168 Å². The molecule has 0 fully saturated rings. The van der Waals surface area contributed by atoms with Gasteiger partial charge < -0.3 is 0 Å². The summed E-state index contributed by atoms with van der Waals surface area (Å²) in [4.78, 5) is 21.9. The van der Waals surface area contributed by atoms with Gasteiger partial charge >= 0.3 is 0 Å². The van der Waals surface area contributed by atoms with Crippen LogP contribution in [0.4, 0.5) is 0 Å². The van der Waals surface area contributed by atoms with Crippen LogP contribution in [0.15, 0.2) is 35.6 Å². The van der Waals surface area contributed by atoms with Crippen molar-refractivity contribution in [2.24, 2.45) is 7.05 Å². The average Bonchev–Trinajstić information content (AvgIpc) is 3.35. The van der Waals surface area contributed by atoms with Crippen LogP contribution in [-0.4, -0.2) is 33.9 Å². The van der Waals surface area contributed by atoms with Crippen LogP contribution in [0, 0.1) is 13.8 Å². The molecule has 0 unspecified atom stereocenters. The molecule has 0 saturated carbocycles. The second-order valence-corrected chi connectivity index (χ2v) is 7.35. The lowest BCUT2D eigenvalue weighted by Gasteiger charge is -2.14. The van der Waals surface area contributed by atoms with Crippen LogP contribution in [-0.2, 0) is 7.05 Å². The van der Waals surface area contributed by atoms with Crippen LogP contribution in [0.2, 0.25) is 0 Å². The van der Waals surface area contributed by atoms with E-state index in [9.17, 15) is 4.79 Å². The third-order valence-electron chi connectivity index (χ3n) is 5.59. The van der Waals surface area contributed by atoms with Gasteiger partial charge in [0.15, 0.2) is 11.6 Å². The Bertz CT molecular complexity index is 1230. The lowest BCUT2D eigenvalue weighted by molar-refractivity contribution is 0.644. The number of fused-ring (bicyclic) bond motifs is 1. The molecule has 0 N–H and O–H groups in total.